The zero-order valence-electron chi connectivity index (χ0n) is 24.0. The van der Waals surface area contributed by atoms with Crippen LogP contribution >= 0.6 is 0 Å². The predicted octanol–water partition coefficient (Wildman–Crippen LogP) is 6.71. The second-order valence-corrected chi connectivity index (χ2v) is 9.50. The Morgan fingerprint density at radius 3 is 1.42 bits per heavy atom. The minimum Gasteiger partial charge on any atom is -0.497 e. The molecule has 0 atom stereocenters. The van der Waals surface area contributed by atoms with Crippen LogP contribution in [0.25, 0.3) is 0 Å². The molecule has 0 saturated carbocycles. The average molecular weight is 603 g/mol. The van der Waals surface area contributed by atoms with Crippen LogP contribution in [0.4, 0.5) is 0 Å². The first-order valence-corrected chi connectivity index (χ1v) is 13.7. The van der Waals surface area contributed by atoms with E-state index in [0.29, 0.717) is 11.3 Å². The van der Waals surface area contributed by atoms with Gasteiger partial charge in [-0.3, -0.25) is 0 Å². The number of hydrogen-bond donors (Lipinski definition) is 0. The molecule has 0 bridgehead atoms. The van der Waals surface area contributed by atoms with Gasteiger partial charge in [0.15, 0.2) is 11.5 Å². The van der Waals surface area contributed by atoms with Gasteiger partial charge in [0.2, 0.25) is 5.75 Å². The van der Waals surface area contributed by atoms with Crippen molar-refractivity contribution in [2.24, 2.45) is 0 Å². The molecule has 0 unspecified atom stereocenters. The van der Waals surface area contributed by atoms with Gasteiger partial charge in [-0.15, -0.1) is 0 Å². The van der Waals surface area contributed by atoms with E-state index in [4.69, 9.17) is 23.7 Å². The highest BCUT2D eigenvalue weighted by Crippen LogP contribution is 2.41. The van der Waals surface area contributed by atoms with E-state index in [1.807, 2.05) is 0 Å². The van der Waals surface area contributed by atoms with Crippen molar-refractivity contribution < 1.29 is 42.9 Å². The van der Waals surface area contributed by atoms with Gasteiger partial charge in [-0.05, 0) is 66.2 Å². The lowest BCUT2D eigenvalue weighted by molar-refractivity contribution is 0.0468. The fraction of sp³-hybridized carbons (Fsp3) is 0.0556. The van der Waals surface area contributed by atoms with Crippen LogP contribution in [0.15, 0.2) is 127 Å². The predicted molar refractivity (Wildman–Crippen MR) is 163 cm³/mol. The van der Waals surface area contributed by atoms with Gasteiger partial charge in [-0.25, -0.2) is 19.2 Å². The molecule has 5 rings (SSSR count). The second-order valence-electron chi connectivity index (χ2n) is 9.50. The van der Waals surface area contributed by atoms with Crippen LogP contribution in [-0.2, 0) is 11.3 Å². The number of hydrogen-bond acceptors (Lipinski definition) is 9. The third-order valence-corrected chi connectivity index (χ3v) is 6.39. The van der Waals surface area contributed by atoms with Gasteiger partial charge >= 0.3 is 23.9 Å². The molecule has 0 aliphatic heterocycles. The number of ether oxygens (including phenoxy) is 5. The smallest absolute Gasteiger partial charge is 0.343 e. The van der Waals surface area contributed by atoms with E-state index in [9.17, 15) is 19.2 Å². The second kappa shape index (κ2) is 14.3. The van der Waals surface area contributed by atoms with Crippen LogP contribution in [0, 0.1) is 0 Å². The maximum absolute atomic E-state index is 13.3. The number of benzene rings is 5. The van der Waals surface area contributed by atoms with Crippen LogP contribution in [0.5, 0.6) is 23.0 Å². The van der Waals surface area contributed by atoms with Crippen molar-refractivity contribution in [1.82, 2.24) is 0 Å². The van der Waals surface area contributed by atoms with Gasteiger partial charge in [0.25, 0.3) is 0 Å². The third kappa shape index (κ3) is 7.79. The van der Waals surface area contributed by atoms with Crippen molar-refractivity contribution in [2.45, 2.75) is 6.61 Å². The molecule has 0 N–H and O–H groups in total. The molecular formula is C36H26O9. The lowest BCUT2D eigenvalue weighted by atomic mass is 10.1. The van der Waals surface area contributed by atoms with Gasteiger partial charge in [0, 0.05) is 0 Å². The van der Waals surface area contributed by atoms with Crippen LogP contribution in [0.1, 0.15) is 47.0 Å². The summed E-state index contributed by atoms with van der Waals surface area (Å²) < 4.78 is 27.7. The molecule has 224 valence electrons. The molecule has 9 heteroatoms. The van der Waals surface area contributed by atoms with E-state index in [2.05, 4.69) is 0 Å². The first kappa shape index (κ1) is 30.2. The molecule has 0 heterocycles. The summed E-state index contributed by atoms with van der Waals surface area (Å²) >= 11 is 0. The summed E-state index contributed by atoms with van der Waals surface area (Å²) in [5, 5.41) is 0. The van der Waals surface area contributed by atoms with Gasteiger partial charge in [0.1, 0.15) is 12.4 Å². The van der Waals surface area contributed by atoms with Crippen LogP contribution in [-0.4, -0.2) is 31.0 Å². The monoisotopic (exact) mass is 602 g/mol. The lowest BCUT2D eigenvalue weighted by Gasteiger charge is -2.16. The maximum atomic E-state index is 13.3. The summed E-state index contributed by atoms with van der Waals surface area (Å²) in [5.74, 6) is -3.77. The summed E-state index contributed by atoms with van der Waals surface area (Å²) in [6, 6.07) is 33.5. The van der Waals surface area contributed by atoms with Crippen molar-refractivity contribution in [3.63, 3.8) is 0 Å². The molecule has 0 aliphatic carbocycles. The number of methoxy groups -OCH3 is 1. The molecule has 0 amide bonds. The van der Waals surface area contributed by atoms with E-state index in [-0.39, 0.29) is 46.1 Å². The quantitative estimate of drug-likeness (QED) is 0.127. The van der Waals surface area contributed by atoms with Crippen molar-refractivity contribution >= 4 is 23.9 Å². The summed E-state index contributed by atoms with van der Waals surface area (Å²) in [6.45, 7) is -0.112. The van der Waals surface area contributed by atoms with Crippen LogP contribution < -0.4 is 18.9 Å². The number of carbonyl (C=O) groups excluding carboxylic acids is 4. The largest absolute Gasteiger partial charge is 0.497 e. The average Bonchev–Trinajstić information content (AvgIpc) is 3.09. The lowest BCUT2D eigenvalue weighted by Crippen LogP contribution is -2.16. The van der Waals surface area contributed by atoms with Gasteiger partial charge in [-0.1, -0.05) is 66.7 Å². The molecule has 45 heavy (non-hydrogen) atoms. The molecule has 0 spiro atoms. The number of carbonyl (C=O) groups is 4. The molecule has 0 aliphatic rings. The fourth-order valence-electron chi connectivity index (χ4n) is 4.13. The van der Waals surface area contributed by atoms with E-state index < -0.39 is 23.9 Å². The highest BCUT2D eigenvalue weighted by atomic mass is 16.6. The highest BCUT2D eigenvalue weighted by Gasteiger charge is 2.26. The Morgan fingerprint density at radius 1 is 0.489 bits per heavy atom. The zero-order chi connectivity index (χ0) is 31.6. The highest BCUT2D eigenvalue weighted by molar-refractivity contribution is 5.97. The third-order valence-electron chi connectivity index (χ3n) is 6.39. The van der Waals surface area contributed by atoms with E-state index in [0.717, 1.165) is 0 Å². The number of rotatable bonds is 10. The molecule has 0 aromatic heterocycles. The standard InChI is InChI=1S/C36H26O9/c1-41-29-19-11-12-24(20-29)23-42-33(37)28-21-30(43-34(38)25-13-5-2-6-14-25)32(45-36(40)27-17-9-4-10-18-27)31(22-28)44-35(39)26-15-7-3-8-16-26/h2-22H,23H2,1H3. The van der Waals surface area contributed by atoms with E-state index >= 15 is 0 Å². The van der Waals surface area contributed by atoms with Crippen molar-refractivity contribution in [1.29, 1.82) is 0 Å². The van der Waals surface area contributed by atoms with Gasteiger partial charge < -0.3 is 23.7 Å². The van der Waals surface area contributed by atoms with Crippen molar-refractivity contribution in [3.05, 3.63) is 155 Å². The maximum Gasteiger partial charge on any atom is 0.343 e. The Labute approximate surface area is 258 Å². The topological polar surface area (TPSA) is 114 Å². The zero-order valence-corrected chi connectivity index (χ0v) is 24.0. The Kier molecular flexibility index (Phi) is 9.61. The first-order valence-electron chi connectivity index (χ1n) is 13.7. The molecule has 5 aromatic carbocycles. The van der Waals surface area contributed by atoms with Crippen molar-refractivity contribution in [2.75, 3.05) is 7.11 Å². The Balaban J connectivity index is 1.55. The minimum absolute atomic E-state index is 0.112. The van der Waals surface area contributed by atoms with Gasteiger partial charge in [0.05, 0.1) is 29.4 Å². The minimum atomic E-state index is -0.826. The first-order chi connectivity index (χ1) is 21.9. The molecule has 0 radical (unpaired) electrons. The van der Waals surface area contributed by atoms with Crippen molar-refractivity contribution in [3.8, 4) is 23.0 Å². The Morgan fingerprint density at radius 2 is 0.956 bits per heavy atom. The summed E-state index contributed by atoms with van der Waals surface area (Å²) in [4.78, 5) is 52.7. The van der Waals surface area contributed by atoms with Crippen LogP contribution in [0.2, 0.25) is 0 Å². The normalized spacial score (nSPS) is 10.3. The van der Waals surface area contributed by atoms with E-state index in [1.165, 1.54) is 55.6 Å². The Bertz CT molecular complexity index is 1740. The number of esters is 4. The SMILES string of the molecule is COc1cccc(COC(=O)c2cc(OC(=O)c3ccccc3)c(OC(=O)c3ccccc3)c(OC(=O)c3ccccc3)c2)c1. The molecule has 9 nitrogen and oxygen atoms in total. The molecule has 0 fully saturated rings. The fourth-order valence-corrected chi connectivity index (χ4v) is 4.13. The summed E-state index contributed by atoms with van der Waals surface area (Å²) in [7, 11) is 1.52. The molecule has 5 aromatic rings. The van der Waals surface area contributed by atoms with Crippen LogP contribution in [0.3, 0.4) is 0 Å². The summed E-state index contributed by atoms with van der Waals surface area (Å²) in [5.41, 5.74) is 1.07. The van der Waals surface area contributed by atoms with Gasteiger partial charge in [-0.2, -0.15) is 0 Å². The summed E-state index contributed by atoms with van der Waals surface area (Å²) in [6.07, 6.45) is 0. The molecule has 0 saturated heterocycles. The Hall–Kier alpha value is -6.22. The molecular weight excluding hydrogens is 576 g/mol. The van der Waals surface area contributed by atoms with E-state index in [1.54, 1.807) is 78.9 Å².